The molecule has 1 fully saturated rings. The molecule has 1 saturated heterocycles. The Kier molecular flexibility index (Phi) is 6.92. The predicted molar refractivity (Wildman–Crippen MR) is 80.0 cm³/mol. The molecule has 0 bridgehead atoms. The fraction of sp³-hybridized carbons (Fsp3) is 0.933. The van der Waals surface area contributed by atoms with Crippen LogP contribution in [-0.4, -0.2) is 59.9 Å². The summed E-state index contributed by atoms with van der Waals surface area (Å²) in [6.07, 6.45) is 2.62. The highest BCUT2D eigenvalue weighted by molar-refractivity contribution is 5.78. The smallest absolute Gasteiger partial charge is 0.323 e. The molecule has 0 radical (unpaired) electrons. The van der Waals surface area contributed by atoms with Crippen LogP contribution in [0.3, 0.4) is 0 Å². The van der Waals surface area contributed by atoms with Crippen LogP contribution in [0.5, 0.6) is 0 Å². The van der Waals surface area contributed by atoms with E-state index >= 15 is 0 Å². The van der Waals surface area contributed by atoms with Gasteiger partial charge in [0.05, 0.1) is 13.2 Å². The number of carbonyl (C=O) groups is 1. The molecular weight excluding hydrogens is 256 g/mol. The van der Waals surface area contributed by atoms with Crippen molar-refractivity contribution in [3.63, 3.8) is 0 Å². The molecule has 0 aromatic rings. The molecule has 1 aliphatic rings. The molecule has 2 N–H and O–H groups in total. The first-order valence-electron chi connectivity index (χ1n) is 7.68. The molecule has 2 unspecified atom stereocenters. The van der Waals surface area contributed by atoms with Crippen LogP contribution in [0.25, 0.3) is 0 Å². The number of aliphatic carboxylic acids is 1. The number of unbranched alkanes of at least 4 members (excludes halogenated alkanes) is 1. The van der Waals surface area contributed by atoms with Gasteiger partial charge in [-0.05, 0) is 53.5 Å². The Hall–Kier alpha value is -0.650. The number of morpholine rings is 1. The largest absolute Gasteiger partial charge is 0.480 e. The van der Waals surface area contributed by atoms with E-state index in [0.717, 1.165) is 39.1 Å². The van der Waals surface area contributed by atoms with Crippen LogP contribution >= 0.6 is 0 Å². The molecule has 0 aromatic heterocycles. The minimum Gasteiger partial charge on any atom is -0.480 e. The average Bonchev–Trinajstić information content (AvgIpc) is 2.35. The summed E-state index contributed by atoms with van der Waals surface area (Å²) in [5, 5.41) is 12.6. The molecule has 0 saturated carbocycles. The Bertz CT molecular complexity index is 309. The highest BCUT2D eigenvalue weighted by Crippen LogP contribution is 2.16. The highest BCUT2D eigenvalue weighted by atomic mass is 16.5. The van der Waals surface area contributed by atoms with Crippen LogP contribution in [0.1, 0.15) is 47.0 Å². The van der Waals surface area contributed by atoms with Crippen molar-refractivity contribution in [2.24, 2.45) is 0 Å². The second kappa shape index (κ2) is 7.96. The molecule has 20 heavy (non-hydrogen) atoms. The average molecular weight is 286 g/mol. The normalized spacial score (nSPS) is 23.8. The van der Waals surface area contributed by atoms with Gasteiger partial charge in [0, 0.05) is 18.6 Å². The monoisotopic (exact) mass is 286 g/mol. The zero-order chi connectivity index (χ0) is 15.2. The number of carboxylic acids is 1. The van der Waals surface area contributed by atoms with Crippen molar-refractivity contribution in [3.8, 4) is 0 Å². The number of carboxylic acid groups (broad SMARTS) is 1. The second-order valence-electron chi connectivity index (χ2n) is 6.35. The second-order valence-corrected chi connectivity index (χ2v) is 6.35. The first kappa shape index (κ1) is 17.4. The van der Waals surface area contributed by atoms with Crippen LogP contribution in [0.2, 0.25) is 0 Å². The number of rotatable bonds is 8. The first-order valence-corrected chi connectivity index (χ1v) is 7.68. The Balaban J connectivity index is 2.32. The van der Waals surface area contributed by atoms with Gasteiger partial charge in [-0.3, -0.25) is 15.0 Å². The summed E-state index contributed by atoms with van der Waals surface area (Å²) < 4.78 is 5.42. The molecule has 5 heteroatoms. The van der Waals surface area contributed by atoms with Crippen molar-refractivity contribution < 1.29 is 14.6 Å². The third kappa shape index (κ3) is 5.38. The maximum atomic E-state index is 11.4. The Morgan fingerprint density at radius 1 is 1.50 bits per heavy atom. The maximum Gasteiger partial charge on any atom is 0.323 e. The number of nitrogens with one attached hydrogen (secondary N) is 1. The highest BCUT2D eigenvalue weighted by Gasteiger charge is 2.32. The standard InChI is InChI=1S/C15H30N2O3/c1-12(2)16-15(4,14(18)19)7-5-6-8-17-9-10-20-11-13(17)3/h12-13,16H,5-11H2,1-4H3,(H,18,19). The number of hydrogen-bond donors (Lipinski definition) is 2. The quantitative estimate of drug-likeness (QED) is 0.665. The number of nitrogens with zero attached hydrogens (tertiary/aromatic N) is 1. The third-order valence-corrected chi connectivity index (χ3v) is 3.96. The van der Waals surface area contributed by atoms with E-state index in [-0.39, 0.29) is 6.04 Å². The van der Waals surface area contributed by atoms with Gasteiger partial charge in [0.15, 0.2) is 0 Å². The van der Waals surface area contributed by atoms with E-state index in [9.17, 15) is 9.90 Å². The van der Waals surface area contributed by atoms with Gasteiger partial charge in [-0.1, -0.05) is 0 Å². The number of ether oxygens (including phenoxy) is 1. The van der Waals surface area contributed by atoms with Crippen LogP contribution in [0.15, 0.2) is 0 Å². The Morgan fingerprint density at radius 3 is 2.75 bits per heavy atom. The molecule has 0 aromatic carbocycles. The van der Waals surface area contributed by atoms with Gasteiger partial charge in [-0.25, -0.2) is 0 Å². The van der Waals surface area contributed by atoms with Gasteiger partial charge in [0.25, 0.3) is 0 Å². The van der Waals surface area contributed by atoms with Crippen molar-refractivity contribution in [3.05, 3.63) is 0 Å². The molecule has 1 aliphatic heterocycles. The minimum atomic E-state index is -0.815. The topological polar surface area (TPSA) is 61.8 Å². The van der Waals surface area contributed by atoms with Gasteiger partial charge in [0.2, 0.25) is 0 Å². The van der Waals surface area contributed by atoms with E-state index in [4.69, 9.17) is 4.74 Å². The van der Waals surface area contributed by atoms with Gasteiger partial charge < -0.3 is 9.84 Å². The first-order chi connectivity index (χ1) is 9.35. The third-order valence-electron chi connectivity index (χ3n) is 3.96. The van der Waals surface area contributed by atoms with Crippen LogP contribution in [-0.2, 0) is 9.53 Å². The van der Waals surface area contributed by atoms with Crippen LogP contribution in [0.4, 0.5) is 0 Å². The Labute approximate surface area is 122 Å². The van der Waals surface area contributed by atoms with E-state index in [2.05, 4.69) is 17.1 Å². The van der Waals surface area contributed by atoms with E-state index in [1.165, 1.54) is 0 Å². The van der Waals surface area contributed by atoms with Gasteiger partial charge in [0.1, 0.15) is 5.54 Å². The molecular formula is C15H30N2O3. The van der Waals surface area contributed by atoms with Crippen molar-refractivity contribution in [2.75, 3.05) is 26.3 Å². The lowest BCUT2D eigenvalue weighted by molar-refractivity contribution is -0.144. The fourth-order valence-corrected chi connectivity index (χ4v) is 2.77. The fourth-order valence-electron chi connectivity index (χ4n) is 2.77. The summed E-state index contributed by atoms with van der Waals surface area (Å²) in [7, 11) is 0. The van der Waals surface area contributed by atoms with E-state index < -0.39 is 11.5 Å². The summed E-state index contributed by atoms with van der Waals surface area (Å²) in [5.41, 5.74) is -0.815. The molecule has 5 nitrogen and oxygen atoms in total. The Morgan fingerprint density at radius 2 is 2.20 bits per heavy atom. The molecule has 0 amide bonds. The summed E-state index contributed by atoms with van der Waals surface area (Å²) in [6.45, 7) is 11.6. The number of hydrogen-bond acceptors (Lipinski definition) is 4. The lowest BCUT2D eigenvalue weighted by Gasteiger charge is -2.33. The van der Waals surface area contributed by atoms with Crippen molar-refractivity contribution in [2.45, 2.75) is 64.6 Å². The zero-order valence-corrected chi connectivity index (χ0v) is 13.3. The van der Waals surface area contributed by atoms with Gasteiger partial charge >= 0.3 is 5.97 Å². The molecule has 0 aliphatic carbocycles. The molecule has 0 spiro atoms. The van der Waals surface area contributed by atoms with Crippen molar-refractivity contribution >= 4 is 5.97 Å². The van der Waals surface area contributed by atoms with E-state index in [1.54, 1.807) is 6.92 Å². The molecule has 2 atom stereocenters. The predicted octanol–water partition coefficient (Wildman–Crippen LogP) is 1.72. The molecule has 1 rings (SSSR count). The summed E-state index contributed by atoms with van der Waals surface area (Å²) in [4.78, 5) is 13.8. The lowest BCUT2D eigenvalue weighted by Crippen LogP contribution is -2.52. The van der Waals surface area contributed by atoms with E-state index in [1.807, 2.05) is 13.8 Å². The minimum absolute atomic E-state index is 0.176. The van der Waals surface area contributed by atoms with Gasteiger partial charge in [-0.2, -0.15) is 0 Å². The van der Waals surface area contributed by atoms with E-state index in [0.29, 0.717) is 12.5 Å². The zero-order valence-electron chi connectivity index (χ0n) is 13.3. The summed E-state index contributed by atoms with van der Waals surface area (Å²) in [6, 6.07) is 0.652. The maximum absolute atomic E-state index is 11.4. The van der Waals surface area contributed by atoms with Crippen molar-refractivity contribution in [1.82, 2.24) is 10.2 Å². The summed E-state index contributed by atoms with van der Waals surface area (Å²) in [5.74, 6) is -0.758. The molecule has 1 heterocycles. The van der Waals surface area contributed by atoms with Crippen LogP contribution in [0, 0.1) is 0 Å². The van der Waals surface area contributed by atoms with Crippen LogP contribution < -0.4 is 5.32 Å². The summed E-state index contributed by atoms with van der Waals surface area (Å²) >= 11 is 0. The molecule has 118 valence electrons. The van der Waals surface area contributed by atoms with Crippen molar-refractivity contribution in [1.29, 1.82) is 0 Å². The SMILES string of the molecule is CC(C)NC(C)(CCCCN1CCOCC1C)C(=O)O. The lowest BCUT2D eigenvalue weighted by atomic mass is 9.94. The van der Waals surface area contributed by atoms with Gasteiger partial charge in [-0.15, -0.1) is 0 Å².